The number of amides is 1. The Labute approximate surface area is 201 Å². The number of benzene rings is 2. The van der Waals surface area contributed by atoms with Gasteiger partial charge >= 0.3 is 0 Å². The number of anilines is 1. The van der Waals surface area contributed by atoms with Gasteiger partial charge in [-0.15, -0.1) is 11.3 Å². The van der Waals surface area contributed by atoms with E-state index in [2.05, 4.69) is 24.1 Å². The van der Waals surface area contributed by atoms with Crippen molar-refractivity contribution in [1.29, 1.82) is 0 Å². The number of halogens is 1. The lowest BCUT2D eigenvalue weighted by atomic mass is 10.1. The van der Waals surface area contributed by atoms with Crippen LogP contribution < -0.4 is 20.1 Å². The molecular formula is C25H26ClN3O3S. The summed E-state index contributed by atoms with van der Waals surface area (Å²) in [5, 5.41) is 13.0. The average molecular weight is 484 g/mol. The van der Waals surface area contributed by atoms with E-state index in [1.54, 1.807) is 53.1 Å². The number of thiazole rings is 1. The summed E-state index contributed by atoms with van der Waals surface area (Å²) in [6, 6.07) is 12.0. The monoisotopic (exact) mass is 483 g/mol. The van der Waals surface area contributed by atoms with E-state index < -0.39 is 0 Å². The van der Waals surface area contributed by atoms with Crippen molar-refractivity contribution < 1.29 is 9.90 Å². The summed E-state index contributed by atoms with van der Waals surface area (Å²) in [6.07, 6.45) is 2.59. The quantitative estimate of drug-likeness (QED) is 0.542. The highest BCUT2D eigenvalue weighted by Crippen LogP contribution is 2.32. The number of rotatable bonds is 7. The Morgan fingerprint density at radius 3 is 2.55 bits per heavy atom. The van der Waals surface area contributed by atoms with E-state index in [0.29, 0.717) is 37.6 Å². The van der Waals surface area contributed by atoms with E-state index in [0.717, 1.165) is 31.6 Å². The van der Waals surface area contributed by atoms with Gasteiger partial charge in [-0.2, -0.15) is 0 Å². The molecule has 0 spiro atoms. The highest BCUT2D eigenvalue weighted by Gasteiger charge is 2.27. The summed E-state index contributed by atoms with van der Waals surface area (Å²) < 4.78 is 2.88. The molecule has 0 fully saturated rings. The van der Waals surface area contributed by atoms with Crippen LogP contribution in [0.2, 0.25) is 5.02 Å². The Balaban J connectivity index is 1.88. The maximum atomic E-state index is 13.4. The third-order valence-corrected chi connectivity index (χ3v) is 7.15. The second kappa shape index (κ2) is 9.95. The molecule has 4 rings (SSSR count). The Kier molecular flexibility index (Phi) is 7.02. The van der Waals surface area contributed by atoms with Gasteiger partial charge in [0.05, 0.1) is 10.1 Å². The number of fused-ring (bicyclic) bond motifs is 1. The van der Waals surface area contributed by atoms with Gasteiger partial charge < -0.3 is 15.3 Å². The van der Waals surface area contributed by atoms with Gasteiger partial charge in [0.15, 0.2) is 0 Å². The van der Waals surface area contributed by atoms with Gasteiger partial charge in [-0.3, -0.25) is 14.2 Å². The molecule has 0 aliphatic carbocycles. The average Bonchev–Trinajstić information content (AvgIpc) is 3.28. The molecule has 2 heterocycles. The molecule has 0 bridgehead atoms. The van der Waals surface area contributed by atoms with Crippen molar-refractivity contribution in [1.82, 2.24) is 9.47 Å². The van der Waals surface area contributed by atoms with Crippen molar-refractivity contribution in [3.05, 3.63) is 78.2 Å². The van der Waals surface area contributed by atoms with E-state index in [4.69, 9.17) is 11.6 Å². The third kappa shape index (κ3) is 4.90. The minimum Gasteiger partial charge on any atom is -0.508 e. The predicted molar refractivity (Wildman–Crippen MR) is 134 cm³/mol. The maximum absolute atomic E-state index is 13.4. The fourth-order valence-electron chi connectivity index (χ4n) is 3.97. The molecule has 3 aromatic rings. The number of aromatic nitrogens is 1. The van der Waals surface area contributed by atoms with Gasteiger partial charge in [-0.1, -0.05) is 37.6 Å². The fraction of sp³-hybridized carbons (Fsp3) is 0.280. The molecule has 1 aliphatic heterocycles. The van der Waals surface area contributed by atoms with Gasteiger partial charge in [0.2, 0.25) is 0 Å². The highest BCUT2D eigenvalue weighted by molar-refractivity contribution is 7.07. The SMILES string of the molecule is CCN(CC)CCCn1c(=O)/c(=C/c2ccc(O)cc2)s/c1=C1/C(=O)Nc2ccc(Cl)cc21. The number of hydrogen-bond donors (Lipinski definition) is 2. The van der Waals surface area contributed by atoms with Crippen molar-refractivity contribution in [2.24, 2.45) is 0 Å². The lowest BCUT2D eigenvalue weighted by Crippen LogP contribution is -2.34. The summed E-state index contributed by atoms with van der Waals surface area (Å²) in [4.78, 5) is 28.7. The predicted octanol–water partition coefficient (Wildman–Crippen LogP) is 2.98. The first kappa shape index (κ1) is 23.3. The number of nitrogens with one attached hydrogen (secondary N) is 1. The molecule has 172 valence electrons. The summed E-state index contributed by atoms with van der Waals surface area (Å²) in [5.74, 6) is -0.0679. The van der Waals surface area contributed by atoms with Crippen molar-refractivity contribution in [2.45, 2.75) is 26.8 Å². The first-order chi connectivity index (χ1) is 15.9. The minimum atomic E-state index is -0.234. The van der Waals surface area contributed by atoms with Crippen molar-refractivity contribution in [3.63, 3.8) is 0 Å². The molecule has 8 heteroatoms. The van der Waals surface area contributed by atoms with E-state index in [-0.39, 0.29) is 17.2 Å². The zero-order valence-corrected chi connectivity index (χ0v) is 20.2. The van der Waals surface area contributed by atoms with Crippen LogP contribution in [-0.2, 0) is 11.3 Å². The minimum absolute atomic E-state index is 0.126. The maximum Gasteiger partial charge on any atom is 0.269 e. The fourth-order valence-corrected chi connectivity index (χ4v) is 5.34. The second-order valence-corrected chi connectivity index (χ2v) is 9.33. The molecule has 2 aromatic carbocycles. The number of aromatic hydroxyl groups is 1. The van der Waals surface area contributed by atoms with E-state index in [1.165, 1.54) is 11.3 Å². The first-order valence-electron chi connectivity index (χ1n) is 11.0. The van der Waals surface area contributed by atoms with E-state index in [9.17, 15) is 14.7 Å². The molecule has 1 aliphatic rings. The molecule has 0 unspecified atom stereocenters. The molecule has 6 nitrogen and oxygen atoms in total. The van der Waals surface area contributed by atoms with Crippen LogP contribution in [0.15, 0.2) is 47.3 Å². The van der Waals surface area contributed by atoms with Crippen LogP contribution in [0.5, 0.6) is 5.75 Å². The van der Waals surface area contributed by atoms with Crippen LogP contribution in [-0.4, -0.2) is 40.1 Å². The Morgan fingerprint density at radius 2 is 1.85 bits per heavy atom. The van der Waals surface area contributed by atoms with Crippen molar-refractivity contribution in [2.75, 3.05) is 25.0 Å². The molecule has 33 heavy (non-hydrogen) atoms. The summed E-state index contributed by atoms with van der Waals surface area (Å²) in [7, 11) is 0. The van der Waals surface area contributed by atoms with Crippen molar-refractivity contribution in [3.8, 4) is 5.75 Å². The van der Waals surface area contributed by atoms with Crippen LogP contribution >= 0.6 is 22.9 Å². The number of carbonyl (C=O) groups excluding carboxylic acids is 1. The summed E-state index contributed by atoms with van der Waals surface area (Å²) in [6.45, 7) is 7.53. The molecule has 0 radical (unpaired) electrons. The molecular weight excluding hydrogens is 458 g/mol. The van der Waals surface area contributed by atoms with E-state index in [1.807, 2.05) is 0 Å². The molecule has 0 saturated heterocycles. The van der Waals surface area contributed by atoms with E-state index >= 15 is 0 Å². The van der Waals surface area contributed by atoms with Crippen LogP contribution in [0.3, 0.4) is 0 Å². The Bertz CT molecular complexity index is 1360. The largest absolute Gasteiger partial charge is 0.508 e. The molecule has 1 amide bonds. The summed E-state index contributed by atoms with van der Waals surface area (Å²) >= 11 is 7.52. The number of phenols is 1. The molecule has 0 saturated carbocycles. The highest BCUT2D eigenvalue weighted by atomic mass is 35.5. The number of nitrogens with zero attached hydrogens (tertiary/aromatic N) is 2. The van der Waals surface area contributed by atoms with Gasteiger partial charge in [-0.25, -0.2) is 0 Å². The van der Waals surface area contributed by atoms with Crippen LogP contribution in [0.4, 0.5) is 5.69 Å². The van der Waals surface area contributed by atoms with Gasteiger partial charge in [0, 0.05) is 22.8 Å². The van der Waals surface area contributed by atoms with Crippen molar-refractivity contribution >= 4 is 46.2 Å². The Morgan fingerprint density at radius 1 is 1.12 bits per heavy atom. The number of carbonyl (C=O) groups is 1. The van der Waals surface area contributed by atoms with Gasteiger partial charge in [-0.05, 0) is 68.0 Å². The summed E-state index contributed by atoms with van der Waals surface area (Å²) in [5.41, 5.74) is 2.56. The first-order valence-corrected chi connectivity index (χ1v) is 12.2. The topological polar surface area (TPSA) is 74.6 Å². The second-order valence-electron chi connectivity index (χ2n) is 7.86. The third-order valence-electron chi connectivity index (χ3n) is 5.79. The lowest BCUT2D eigenvalue weighted by molar-refractivity contribution is -0.110. The van der Waals surface area contributed by atoms with Gasteiger partial charge in [0.25, 0.3) is 11.5 Å². The molecule has 2 N–H and O–H groups in total. The zero-order valence-electron chi connectivity index (χ0n) is 18.6. The van der Waals surface area contributed by atoms with Crippen LogP contribution in [0, 0.1) is 0 Å². The zero-order chi connectivity index (χ0) is 23.5. The lowest BCUT2D eigenvalue weighted by Gasteiger charge is -2.17. The molecule has 1 aromatic heterocycles. The normalized spacial score (nSPS) is 15.3. The van der Waals surface area contributed by atoms with Gasteiger partial charge in [0.1, 0.15) is 10.4 Å². The smallest absolute Gasteiger partial charge is 0.269 e. The van der Waals surface area contributed by atoms with Crippen LogP contribution in [0.1, 0.15) is 31.4 Å². The number of hydrogen-bond acceptors (Lipinski definition) is 5. The number of phenolic OH excluding ortho intramolecular Hbond substituents is 1. The Hall–Kier alpha value is -2.87. The standard InChI is InChI=1S/C25H26ClN3O3S/c1-3-28(4-2)12-5-13-29-24(32)21(14-16-6-9-18(30)10-7-16)33-25(29)22-19-15-17(26)8-11-20(19)27-23(22)31/h6-11,14-15,30H,3-5,12-13H2,1-2H3,(H,27,31)/b21-14-,25-22+. The molecule has 0 atom stereocenters. The van der Waals surface area contributed by atoms with Crippen LogP contribution in [0.25, 0.3) is 11.6 Å².